The number of fused-ring (bicyclic) bond motifs is 1. The molecule has 0 aliphatic heterocycles. The molecule has 1 aliphatic rings. The Morgan fingerprint density at radius 3 is 1.74 bits per heavy atom. The van der Waals surface area contributed by atoms with Crippen molar-refractivity contribution in [3.05, 3.63) is 131 Å². The fraction of sp³-hybridized carbons (Fsp3) is 0.351. The van der Waals surface area contributed by atoms with Gasteiger partial charge in [0.2, 0.25) is 0 Å². The summed E-state index contributed by atoms with van der Waals surface area (Å²) in [6.45, 7) is 5.37. The third kappa shape index (κ3) is 10.9. The predicted molar refractivity (Wildman–Crippen MR) is 183 cm³/mol. The number of hydrogen-bond donors (Lipinski definition) is 2. The van der Waals surface area contributed by atoms with Crippen LogP contribution in [0.15, 0.2) is 103 Å². The number of nitrogens with one attached hydrogen (secondary N) is 2. The number of unbranched alkanes of at least 4 members (excludes halogenated alkanes) is 3. The van der Waals surface area contributed by atoms with Gasteiger partial charge in [-0.15, -0.1) is 24.8 Å². The van der Waals surface area contributed by atoms with Crippen molar-refractivity contribution >= 4 is 24.8 Å². The summed E-state index contributed by atoms with van der Waals surface area (Å²) in [5.74, 6) is 2.29. The Morgan fingerprint density at radius 2 is 1.12 bits per heavy atom. The van der Waals surface area contributed by atoms with Crippen molar-refractivity contribution < 1.29 is 9.47 Å². The lowest BCUT2D eigenvalue weighted by molar-refractivity contribution is 0.250. The maximum absolute atomic E-state index is 6.40. The smallest absolute Gasteiger partial charge is 0.165 e. The Bertz CT molecular complexity index is 1310. The topological polar surface area (TPSA) is 42.5 Å². The molecule has 1 atom stereocenters. The van der Waals surface area contributed by atoms with E-state index in [9.17, 15) is 0 Å². The Balaban J connectivity index is 0.00000253. The van der Waals surface area contributed by atoms with Crippen molar-refractivity contribution in [2.24, 2.45) is 0 Å². The highest BCUT2D eigenvalue weighted by Crippen LogP contribution is 2.46. The molecule has 0 heterocycles. The van der Waals surface area contributed by atoms with E-state index in [0.29, 0.717) is 19.1 Å². The minimum atomic E-state index is 0. The van der Waals surface area contributed by atoms with Crippen LogP contribution in [0.5, 0.6) is 11.5 Å². The summed E-state index contributed by atoms with van der Waals surface area (Å²) < 4.78 is 12.7. The molecule has 1 aliphatic carbocycles. The zero-order chi connectivity index (χ0) is 28.0. The van der Waals surface area contributed by atoms with Gasteiger partial charge in [0.25, 0.3) is 0 Å². The number of halogens is 2. The molecule has 0 saturated carbocycles. The van der Waals surface area contributed by atoms with Crippen LogP contribution in [0, 0.1) is 0 Å². The highest BCUT2D eigenvalue weighted by Gasteiger charge is 2.31. The Kier molecular flexibility index (Phi) is 15.5. The van der Waals surface area contributed by atoms with Gasteiger partial charge < -0.3 is 20.1 Å². The van der Waals surface area contributed by atoms with Gasteiger partial charge >= 0.3 is 0 Å². The summed E-state index contributed by atoms with van der Waals surface area (Å²) in [5, 5.41) is 7.29. The molecule has 0 radical (unpaired) electrons. The largest absolute Gasteiger partial charge is 0.485 e. The van der Waals surface area contributed by atoms with Gasteiger partial charge in [-0.25, -0.2) is 0 Å². The molecule has 0 bridgehead atoms. The summed E-state index contributed by atoms with van der Waals surface area (Å²) >= 11 is 0. The van der Waals surface area contributed by atoms with Crippen molar-refractivity contribution in [1.29, 1.82) is 0 Å². The fourth-order valence-electron chi connectivity index (χ4n) is 5.49. The minimum Gasteiger partial charge on any atom is -0.485 e. The molecule has 0 spiro atoms. The monoisotopic (exact) mass is 620 g/mol. The maximum Gasteiger partial charge on any atom is 0.165 e. The first kappa shape index (κ1) is 34.5. The molecule has 0 saturated heterocycles. The fourth-order valence-corrected chi connectivity index (χ4v) is 5.49. The lowest BCUT2D eigenvalue weighted by Crippen LogP contribution is -2.30. The minimum absolute atomic E-state index is 0. The van der Waals surface area contributed by atoms with Gasteiger partial charge in [-0.1, -0.05) is 110 Å². The lowest BCUT2D eigenvalue weighted by Gasteiger charge is -2.33. The molecule has 5 rings (SSSR count). The second-order valence-corrected chi connectivity index (χ2v) is 11.0. The van der Waals surface area contributed by atoms with E-state index in [1.165, 1.54) is 47.9 Å². The van der Waals surface area contributed by atoms with Crippen LogP contribution in [0.25, 0.3) is 0 Å². The highest BCUT2D eigenvalue weighted by molar-refractivity contribution is 5.85. The molecule has 6 heteroatoms. The van der Waals surface area contributed by atoms with Crippen molar-refractivity contribution in [1.82, 2.24) is 10.6 Å². The molecular formula is C37H46Cl2N2O2. The second-order valence-electron chi connectivity index (χ2n) is 11.0. The zero-order valence-electron chi connectivity index (χ0n) is 25.0. The summed E-state index contributed by atoms with van der Waals surface area (Å²) in [6, 6.07) is 35.7. The summed E-state index contributed by atoms with van der Waals surface area (Å²) in [7, 11) is 0. The van der Waals surface area contributed by atoms with Crippen LogP contribution in [-0.4, -0.2) is 26.2 Å². The van der Waals surface area contributed by atoms with Crippen LogP contribution < -0.4 is 20.1 Å². The van der Waals surface area contributed by atoms with E-state index >= 15 is 0 Å². The molecule has 230 valence electrons. The van der Waals surface area contributed by atoms with Crippen LogP contribution in [0.2, 0.25) is 0 Å². The van der Waals surface area contributed by atoms with Gasteiger partial charge in [0, 0.05) is 18.0 Å². The molecule has 4 nitrogen and oxygen atoms in total. The standard InChI is InChI=1S/C37H44N2O2.2ClH/c1(12-23-38-25-22-30-14-6-3-7-15-30)2-13-24-39-27-33-26-35-34(33)20-21-36(40-28-31-16-8-4-9-17-31)37(35)41-29-32-18-10-5-11-19-32;;/h3-11,14-21,33,38-39H,1-2,12-13,22-29H2;2*1H. The average Bonchev–Trinajstić information content (AvgIpc) is 3.01. The van der Waals surface area contributed by atoms with Crippen LogP contribution in [-0.2, 0) is 26.1 Å². The first-order valence-corrected chi connectivity index (χ1v) is 15.3. The molecule has 4 aromatic carbocycles. The van der Waals surface area contributed by atoms with Crippen molar-refractivity contribution in [2.75, 3.05) is 26.2 Å². The molecule has 0 fully saturated rings. The van der Waals surface area contributed by atoms with Gasteiger partial charge in [0.05, 0.1) is 0 Å². The maximum atomic E-state index is 6.40. The Labute approximate surface area is 270 Å². The highest BCUT2D eigenvalue weighted by atomic mass is 35.5. The van der Waals surface area contributed by atoms with Gasteiger partial charge in [0.1, 0.15) is 13.2 Å². The number of rotatable bonds is 18. The average molecular weight is 622 g/mol. The molecular weight excluding hydrogens is 575 g/mol. The van der Waals surface area contributed by atoms with Crippen LogP contribution in [0.3, 0.4) is 0 Å². The van der Waals surface area contributed by atoms with Crippen LogP contribution in [0.1, 0.15) is 59.4 Å². The molecule has 4 aromatic rings. The van der Waals surface area contributed by atoms with Crippen molar-refractivity contribution in [3.63, 3.8) is 0 Å². The predicted octanol–water partition coefficient (Wildman–Crippen LogP) is 8.31. The van der Waals surface area contributed by atoms with E-state index in [1.807, 2.05) is 24.3 Å². The SMILES string of the molecule is Cl.Cl.c1ccc(CCNCCCCCCNCC2Cc3c2ccc(OCc2ccccc2)c3OCc2ccccc2)cc1. The molecule has 1 unspecified atom stereocenters. The first-order valence-electron chi connectivity index (χ1n) is 15.3. The van der Waals surface area contributed by atoms with Crippen LogP contribution >= 0.6 is 24.8 Å². The number of hydrogen-bond acceptors (Lipinski definition) is 4. The summed E-state index contributed by atoms with van der Waals surface area (Å²) in [5.41, 5.74) is 6.44. The van der Waals surface area contributed by atoms with Gasteiger partial charge in [0.15, 0.2) is 11.5 Å². The van der Waals surface area contributed by atoms with Crippen LogP contribution in [0.4, 0.5) is 0 Å². The third-order valence-electron chi connectivity index (χ3n) is 7.90. The van der Waals surface area contributed by atoms with Crippen molar-refractivity contribution in [3.8, 4) is 11.5 Å². The number of benzene rings is 4. The van der Waals surface area contributed by atoms with Gasteiger partial charge in [-0.2, -0.15) is 0 Å². The van der Waals surface area contributed by atoms with E-state index in [-0.39, 0.29) is 24.8 Å². The second kappa shape index (κ2) is 19.3. The van der Waals surface area contributed by atoms with E-state index in [1.54, 1.807) is 0 Å². The first-order chi connectivity index (χ1) is 20.4. The van der Waals surface area contributed by atoms with E-state index < -0.39 is 0 Å². The molecule has 0 amide bonds. The Hall–Kier alpha value is -3.02. The lowest BCUT2D eigenvalue weighted by atomic mass is 9.76. The van der Waals surface area contributed by atoms with Gasteiger partial charge in [-0.3, -0.25) is 0 Å². The molecule has 0 aromatic heterocycles. The molecule has 2 N–H and O–H groups in total. The molecule has 43 heavy (non-hydrogen) atoms. The van der Waals surface area contributed by atoms with E-state index in [2.05, 4.69) is 89.5 Å². The van der Waals surface area contributed by atoms with E-state index in [0.717, 1.165) is 56.1 Å². The Morgan fingerprint density at radius 1 is 0.558 bits per heavy atom. The van der Waals surface area contributed by atoms with Crippen molar-refractivity contribution in [2.45, 2.75) is 57.7 Å². The van der Waals surface area contributed by atoms with E-state index in [4.69, 9.17) is 9.47 Å². The number of ether oxygens (including phenoxy) is 2. The zero-order valence-corrected chi connectivity index (χ0v) is 26.6. The quantitative estimate of drug-likeness (QED) is 0.110. The third-order valence-corrected chi connectivity index (χ3v) is 7.90. The summed E-state index contributed by atoms with van der Waals surface area (Å²) in [4.78, 5) is 0. The van der Waals surface area contributed by atoms with Gasteiger partial charge in [-0.05, 0) is 73.6 Å². The summed E-state index contributed by atoms with van der Waals surface area (Å²) in [6.07, 6.45) is 7.21. The normalized spacial score (nSPS) is 13.2.